The first kappa shape index (κ1) is 25.9. The lowest BCUT2D eigenvalue weighted by atomic mass is 10.1. The van der Waals surface area contributed by atoms with Crippen LogP contribution in [0.2, 0.25) is 16.6 Å². The van der Waals surface area contributed by atoms with Gasteiger partial charge in [-0.15, -0.1) is 5.54 Å². The van der Waals surface area contributed by atoms with Crippen LogP contribution in [0.3, 0.4) is 0 Å². The molecule has 0 bridgehead atoms. The molecule has 0 heterocycles. The minimum Gasteiger partial charge on any atom is -0.317 e. The highest BCUT2D eigenvalue weighted by Crippen LogP contribution is 2.40. The molecule has 152 valence electrons. The van der Waals surface area contributed by atoms with Gasteiger partial charge in [-0.1, -0.05) is 53.4 Å². The van der Waals surface area contributed by atoms with Crippen LogP contribution in [-0.2, 0) is 4.79 Å². The number of carbonyl (C=O) groups is 1. The third-order valence-electron chi connectivity index (χ3n) is 5.51. The molecule has 0 saturated carbocycles. The molecule has 0 N–H and O–H groups in total. The van der Waals surface area contributed by atoms with E-state index >= 15 is 0 Å². The average molecular weight is 397 g/mol. The van der Waals surface area contributed by atoms with Crippen molar-refractivity contribution in [3.8, 4) is 41.2 Å². The molecule has 0 spiro atoms. The maximum Gasteiger partial charge on any atom is 0.299 e. The van der Waals surface area contributed by atoms with Crippen molar-refractivity contribution in [3.05, 3.63) is 0 Å². The molecule has 1 amide bonds. The molecular weight excluding hydrogens is 360 g/mol. The van der Waals surface area contributed by atoms with Crippen molar-refractivity contribution in [1.82, 2.24) is 4.90 Å². The Morgan fingerprint density at radius 1 is 0.964 bits per heavy atom. The van der Waals surface area contributed by atoms with E-state index in [9.17, 15) is 4.79 Å². The van der Waals surface area contributed by atoms with Crippen molar-refractivity contribution in [1.29, 1.82) is 5.26 Å². The van der Waals surface area contributed by atoms with Crippen LogP contribution in [0.25, 0.3) is 0 Å². The van der Waals surface area contributed by atoms with Gasteiger partial charge in [-0.05, 0) is 54.7 Å². The van der Waals surface area contributed by atoms with Crippen LogP contribution in [0.1, 0.15) is 74.7 Å². The number of nitrogens with zero attached hydrogens (tertiary/aromatic N) is 2. The fraction of sp³-hybridized carbons (Fsp3) is 0.667. The molecule has 0 saturated heterocycles. The van der Waals surface area contributed by atoms with E-state index < -0.39 is 13.6 Å². The number of carbonyl (C=O) groups excluding carboxylic acids is 1. The second-order valence-corrected chi connectivity index (χ2v) is 14.2. The van der Waals surface area contributed by atoms with Crippen molar-refractivity contribution in [2.75, 3.05) is 7.05 Å². The van der Waals surface area contributed by atoms with E-state index in [1.165, 1.54) is 4.90 Å². The van der Waals surface area contributed by atoms with Gasteiger partial charge >= 0.3 is 0 Å². The number of hydrogen-bond acceptors (Lipinski definition) is 2. The van der Waals surface area contributed by atoms with Crippen LogP contribution >= 0.6 is 0 Å². The topological polar surface area (TPSA) is 44.1 Å². The second-order valence-electron chi connectivity index (χ2n) is 8.64. The van der Waals surface area contributed by atoms with Gasteiger partial charge in [0.1, 0.15) is 13.6 Å². The molecule has 0 aliphatic carbocycles. The fourth-order valence-corrected chi connectivity index (χ4v) is 8.64. The van der Waals surface area contributed by atoms with Crippen LogP contribution < -0.4 is 0 Å². The summed E-state index contributed by atoms with van der Waals surface area (Å²) in [6.07, 6.45) is 2.13. The summed E-state index contributed by atoms with van der Waals surface area (Å²) in [6.45, 7) is 17.2. The first-order valence-corrected chi connectivity index (χ1v) is 12.3. The van der Waals surface area contributed by atoms with Crippen molar-refractivity contribution < 1.29 is 4.79 Å². The highest BCUT2D eigenvalue weighted by atomic mass is 28.3. The molecule has 0 aromatic rings. The van der Waals surface area contributed by atoms with E-state index in [1.54, 1.807) is 20.9 Å². The Labute approximate surface area is 174 Å². The summed E-state index contributed by atoms with van der Waals surface area (Å²) in [5.74, 6) is 14.4. The van der Waals surface area contributed by atoms with Crippen LogP contribution in [-0.4, -0.2) is 31.5 Å². The molecule has 0 atom stereocenters. The number of hydrogen-bond donors (Lipinski definition) is 0. The minimum atomic E-state index is -1.70. The van der Waals surface area contributed by atoms with Gasteiger partial charge in [0.2, 0.25) is 0 Å². The van der Waals surface area contributed by atoms with Gasteiger partial charge in [0, 0.05) is 19.9 Å². The average Bonchev–Trinajstić information content (AvgIpc) is 2.61. The van der Waals surface area contributed by atoms with Gasteiger partial charge in [0.05, 0.1) is 6.07 Å². The van der Waals surface area contributed by atoms with Crippen LogP contribution in [0.5, 0.6) is 0 Å². The van der Waals surface area contributed by atoms with E-state index in [4.69, 9.17) is 5.26 Å². The molecule has 0 fully saturated rings. The third-order valence-corrected chi connectivity index (χ3v) is 11.8. The van der Waals surface area contributed by atoms with E-state index in [2.05, 4.69) is 82.8 Å². The summed E-state index contributed by atoms with van der Waals surface area (Å²) >= 11 is 0. The Morgan fingerprint density at radius 3 is 1.93 bits per heavy atom. The Morgan fingerprint density at radius 2 is 1.46 bits per heavy atom. The van der Waals surface area contributed by atoms with Gasteiger partial charge in [-0.3, -0.25) is 4.79 Å². The summed E-state index contributed by atoms with van der Waals surface area (Å²) < 4.78 is 0. The van der Waals surface area contributed by atoms with Gasteiger partial charge < -0.3 is 4.90 Å². The fourth-order valence-electron chi connectivity index (χ4n) is 3.50. The Bertz CT molecular complexity index is 730. The monoisotopic (exact) mass is 396 g/mol. The maximum atomic E-state index is 11.9. The number of rotatable bonds is 6. The molecule has 0 aliphatic rings. The quantitative estimate of drug-likeness (QED) is 0.354. The van der Waals surface area contributed by atoms with E-state index in [-0.39, 0.29) is 5.91 Å². The molecule has 4 heteroatoms. The van der Waals surface area contributed by atoms with Crippen LogP contribution in [0.15, 0.2) is 0 Å². The lowest BCUT2D eigenvalue weighted by Gasteiger charge is -2.37. The smallest absolute Gasteiger partial charge is 0.299 e. The van der Waals surface area contributed by atoms with Gasteiger partial charge in [-0.25, -0.2) is 0 Å². The SMILES string of the molecule is CC(C)[Si](C#CC#CCCCC#CC(=O)N(C)C(C)(C)C#N)(C(C)C)C(C)C. The molecule has 0 aliphatic heterocycles. The summed E-state index contributed by atoms with van der Waals surface area (Å²) in [5.41, 5.74) is 4.57. The van der Waals surface area contributed by atoms with Gasteiger partial charge in [0.15, 0.2) is 0 Å². The Hall–Kier alpha value is -2.14. The highest BCUT2D eigenvalue weighted by molar-refractivity contribution is 6.90. The zero-order valence-corrected chi connectivity index (χ0v) is 20.2. The first-order chi connectivity index (χ1) is 12.9. The van der Waals surface area contributed by atoms with E-state index in [0.29, 0.717) is 23.0 Å². The summed E-state index contributed by atoms with van der Waals surface area (Å²) in [4.78, 5) is 13.3. The molecule has 0 aromatic carbocycles. The van der Waals surface area contributed by atoms with Crippen molar-refractivity contribution in [2.24, 2.45) is 0 Å². The number of amides is 1. The van der Waals surface area contributed by atoms with E-state index in [0.717, 1.165) is 12.8 Å². The second kappa shape index (κ2) is 11.6. The predicted molar refractivity (Wildman–Crippen MR) is 121 cm³/mol. The third kappa shape index (κ3) is 7.11. The molecule has 0 aromatic heterocycles. The maximum absolute atomic E-state index is 11.9. The summed E-state index contributed by atoms with van der Waals surface area (Å²) in [6, 6.07) is 2.09. The van der Waals surface area contributed by atoms with Crippen LogP contribution in [0.4, 0.5) is 0 Å². The Balaban J connectivity index is 4.72. The Kier molecular flexibility index (Phi) is 10.8. The zero-order chi connectivity index (χ0) is 22.0. The summed E-state index contributed by atoms with van der Waals surface area (Å²) in [5, 5.41) is 9.05. The van der Waals surface area contributed by atoms with Crippen molar-refractivity contribution >= 4 is 14.0 Å². The van der Waals surface area contributed by atoms with Crippen molar-refractivity contribution in [2.45, 2.75) is 96.8 Å². The lowest BCUT2D eigenvalue weighted by molar-refractivity contribution is -0.126. The normalized spacial score (nSPS) is 11.0. The zero-order valence-electron chi connectivity index (χ0n) is 19.2. The summed E-state index contributed by atoms with van der Waals surface area (Å²) in [7, 11) is -0.106. The molecule has 0 radical (unpaired) electrons. The lowest BCUT2D eigenvalue weighted by Crippen LogP contribution is -2.43. The van der Waals surface area contributed by atoms with Gasteiger partial charge in [0.25, 0.3) is 5.91 Å². The standard InChI is InChI=1S/C24H36N2OSi/c1-20(2)28(21(3)4,22(5)6)18-16-14-12-10-11-13-15-17-23(27)26(9)24(7,8)19-25/h20-22H,10-11,13H2,1-9H3. The molecule has 28 heavy (non-hydrogen) atoms. The highest BCUT2D eigenvalue weighted by Gasteiger charge is 2.41. The molecule has 0 rings (SSSR count). The van der Waals surface area contributed by atoms with Crippen LogP contribution in [0, 0.1) is 46.5 Å². The largest absolute Gasteiger partial charge is 0.317 e. The van der Waals surface area contributed by atoms with Gasteiger partial charge in [-0.2, -0.15) is 5.26 Å². The number of unbranched alkanes of at least 4 members (excludes halogenated alkanes) is 2. The minimum absolute atomic E-state index is 0.333. The number of nitriles is 1. The van der Waals surface area contributed by atoms with Crippen molar-refractivity contribution in [3.63, 3.8) is 0 Å². The molecule has 3 nitrogen and oxygen atoms in total. The van der Waals surface area contributed by atoms with E-state index in [1.807, 2.05) is 0 Å². The predicted octanol–water partition coefficient (Wildman–Crippen LogP) is 5.15. The first-order valence-electron chi connectivity index (χ1n) is 10.1. The molecular formula is C24H36N2OSi. The molecule has 0 unspecified atom stereocenters.